The first-order chi connectivity index (χ1) is 6.50. The number of hydrogen-bond donors (Lipinski definition) is 1. The van der Waals surface area contributed by atoms with Gasteiger partial charge in [-0.05, 0) is 31.0 Å². The van der Waals surface area contributed by atoms with Crippen LogP contribution in [0.25, 0.3) is 0 Å². The molecule has 2 nitrogen and oxygen atoms in total. The van der Waals surface area contributed by atoms with E-state index in [4.69, 9.17) is 5.73 Å². The summed E-state index contributed by atoms with van der Waals surface area (Å²) in [4.78, 5) is 10.8. The van der Waals surface area contributed by atoms with Crippen molar-refractivity contribution in [2.75, 3.05) is 0 Å². The number of carbonyl (C=O) groups excluding carboxylic acids is 1. The zero-order valence-corrected chi connectivity index (χ0v) is 7.76. The van der Waals surface area contributed by atoms with Crippen molar-refractivity contribution in [3.05, 3.63) is 35.4 Å². The van der Waals surface area contributed by atoms with E-state index in [0.717, 1.165) is 12.1 Å². The lowest BCUT2D eigenvalue weighted by Crippen LogP contribution is -2.30. The van der Waals surface area contributed by atoms with Gasteiger partial charge in [0.05, 0.1) is 6.04 Å². The Morgan fingerprint density at radius 1 is 1.43 bits per heavy atom. The van der Waals surface area contributed by atoms with E-state index in [1.165, 1.54) is 13.0 Å². The lowest BCUT2D eigenvalue weighted by molar-refractivity contribution is -0.118. The average Bonchev–Trinajstić information content (AvgIpc) is 2.11. The van der Waals surface area contributed by atoms with Crippen LogP contribution in [-0.2, 0) is 11.2 Å². The Morgan fingerprint density at radius 3 is 2.57 bits per heavy atom. The molecule has 0 aliphatic carbocycles. The molecule has 14 heavy (non-hydrogen) atoms. The highest BCUT2D eigenvalue weighted by atomic mass is 19.2. The number of nitrogens with two attached hydrogens (primary N) is 1. The molecule has 1 rings (SSSR count). The molecule has 0 fully saturated rings. The van der Waals surface area contributed by atoms with Crippen LogP contribution in [0.4, 0.5) is 8.78 Å². The van der Waals surface area contributed by atoms with Crippen molar-refractivity contribution in [3.63, 3.8) is 0 Å². The molecule has 1 atom stereocenters. The number of halogens is 2. The number of benzene rings is 1. The molecular formula is C10H11F2NO. The molecule has 1 aromatic carbocycles. The van der Waals surface area contributed by atoms with Crippen LogP contribution in [0.3, 0.4) is 0 Å². The average molecular weight is 199 g/mol. The highest BCUT2D eigenvalue weighted by Gasteiger charge is 2.10. The molecule has 0 radical (unpaired) electrons. The molecule has 0 amide bonds. The summed E-state index contributed by atoms with van der Waals surface area (Å²) in [5.74, 6) is -1.99. The maximum atomic E-state index is 12.7. The van der Waals surface area contributed by atoms with Gasteiger partial charge >= 0.3 is 0 Å². The number of ketones is 1. The van der Waals surface area contributed by atoms with Crippen LogP contribution in [0.15, 0.2) is 18.2 Å². The van der Waals surface area contributed by atoms with Gasteiger partial charge in [-0.15, -0.1) is 0 Å². The van der Waals surface area contributed by atoms with Crippen molar-refractivity contribution in [2.24, 2.45) is 5.73 Å². The molecular weight excluding hydrogens is 188 g/mol. The summed E-state index contributed by atoms with van der Waals surface area (Å²) in [5.41, 5.74) is 5.99. The van der Waals surface area contributed by atoms with Gasteiger partial charge in [0.2, 0.25) is 0 Å². The van der Waals surface area contributed by atoms with Crippen LogP contribution < -0.4 is 5.73 Å². The second-order valence-electron chi connectivity index (χ2n) is 3.17. The summed E-state index contributed by atoms with van der Waals surface area (Å²) in [7, 11) is 0. The van der Waals surface area contributed by atoms with E-state index in [-0.39, 0.29) is 12.2 Å². The molecule has 0 aliphatic rings. The first-order valence-corrected chi connectivity index (χ1v) is 4.20. The van der Waals surface area contributed by atoms with Gasteiger partial charge in [0.25, 0.3) is 0 Å². The van der Waals surface area contributed by atoms with Gasteiger partial charge in [0.1, 0.15) is 5.78 Å². The second kappa shape index (κ2) is 4.28. The van der Waals surface area contributed by atoms with Crippen LogP contribution in [0.5, 0.6) is 0 Å². The largest absolute Gasteiger partial charge is 0.321 e. The quantitative estimate of drug-likeness (QED) is 0.800. The van der Waals surface area contributed by atoms with E-state index in [1.807, 2.05) is 0 Å². The first kappa shape index (κ1) is 10.8. The van der Waals surface area contributed by atoms with E-state index < -0.39 is 17.7 Å². The number of carbonyl (C=O) groups is 1. The summed E-state index contributed by atoms with van der Waals surface area (Å²) in [6, 6.07) is 2.84. The summed E-state index contributed by atoms with van der Waals surface area (Å²) in [5, 5.41) is 0. The van der Waals surface area contributed by atoms with Gasteiger partial charge in [0, 0.05) is 0 Å². The lowest BCUT2D eigenvalue weighted by Gasteiger charge is -2.07. The highest BCUT2D eigenvalue weighted by Crippen LogP contribution is 2.10. The van der Waals surface area contributed by atoms with Crippen molar-refractivity contribution in [1.29, 1.82) is 0 Å². The first-order valence-electron chi connectivity index (χ1n) is 4.20. The third kappa shape index (κ3) is 2.60. The molecule has 0 saturated heterocycles. The molecule has 0 aliphatic heterocycles. The zero-order valence-electron chi connectivity index (χ0n) is 7.76. The van der Waals surface area contributed by atoms with E-state index in [2.05, 4.69) is 0 Å². The Hall–Kier alpha value is -1.29. The molecule has 76 valence electrons. The Labute approximate surface area is 80.7 Å². The molecule has 0 saturated carbocycles. The highest BCUT2D eigenvalue weighted by molar-refractivity contribution is 5.81. The molecule has 2 N–H and O–H groups in total. The fraction of sp³-hybridized carbons (Fsp3) is 0.300. The van der Waals surface area contributed by atoms with E-state index in [1.54, 1.807) is 0 Å². The van der Waals surface area contributed by atoms with Crippen molar-refractivity contribution in [3.8, 4) is 0 Å². The zero-order chi connectivity index (χ0) is 10.7. The van der Waals surface area contributed by atoms with Crippen LogP contribution >= 0.6 is 0 Å². The van der Waals surface area contributed by atoms with Gasteiger partial charge in [-0.25, -0.2) is 8.78 Å². The van der Waals surface area contributed by atoms with Gasteiger partial charge < -0.3 is 5.73 Å². The summed E-state index contributed by atoms with van der Waals surface area (Å²) >= 11 is 0. The molecule has 0 heterocycles. The van der Waals surface area contributed by atoms with Crippen LogP contribution in [0, 0.1) is 11.6 Å². The molecule has 0 spiro atoms. The molecule has 0 bridgehead atoms. The summed E-state index contributed by atoms with van der Waals surface area (Å²) in [6.45, 7) is 1.37. The minimum absolute atomic E-state index is 0.172. The van der Waals surface area contributed by atoms with E-state index in [9.17, 15) is 13.6 Å². The molecule has 1 aromatic rings. The Morgan fingerprint density at radius 2 is 2.07 bits per heavy atom. The van der Waals surface area contributed by atoms with Crippen molar-refractivity contribution >= 4 is 5.78 Å². The topological polar surface area (TPSA) is 43.1 Å². The molecule has 0 unspecified atom stereocenters. The summed E-state index contributed by atoms with van der Waals surface area (Å²) < 4.78 is 25.3. The minimum atomic E-state index is -0.918. The molecule has 0 aromatic heterocycles. The van der Waals surface area contributed by atoms with Gasteiger partial charge in [-0.1, -0.05) is 6.07 Å². The van der Waals surface area contributed by atoms with E-state index in [0.29, 0.717) is 5.56 Å². The SMILES string of the molecule is CC(=O)[C@@H](N)Cc1ccc(F)c(F)c1. The lowest BCUT2D eigenvalue weighted by atomic mass is 10.0. The number of Topliss-reactive ketones (excluding diaryl/α,β-unsaturated/α-hetero) is 1. The minimum Gasteiger partial charge on any atom is -0.321 e. The number of hydrogen-bond acceptors (Lipinski definition) is 2. The second-order valence-corrected chi connectivity index (χ2v) is 3.17. The van der Waals surface area contributed by atoms with Crippen molar-refractivity contribution in [1.82, 2.24) is 0 Å². The van der Waals surface area contributed by atoms with Crippen molar-refractivity contribution < 1.29 is 13.6 Å². The normalized spacial score (nSPS) is 12.6. The maximum absolute atomic E-state index is 12.7. The van der Waals surface area contributed by atoms with Crippen LogP contribution in [0.1, 0.15) is 12.5 Å². The maximum Gasteiger partial charge on any atom is 0.159 e. The molecule has 4 heteroatoms. The smallest absolute Gasteiger partial charge is 0.159 e. The monoisotopic (exact) mass is 199 g/mol. The van der Waals surface area contributed by atoms with E-state index >= 15 is 0 Å². The Balaban J connectivity index is 2.78. The predicted molar refractivity (Wildman–Crippen MR) is 48.7 cm³/mol. The van der Waals surface area contributed by atoms with Crippen LogP contribution in [-0.4, -0.2) is 11.8 Å². The Bertz CT molecular complexity index is 352. The summed E-state index contributed by atoms with van der Waals surface area (Å²) in [6.07, 6.45) is 0.229. The number of rotatable bonds is 3. The standard InChI is InChI=1S/C10H11F2NO/c1-6(14)10(13)5-7-2-3-8(11)9(12)4-7/h2-4,10H,5,13H2,1H3/t10-/m0/s1. The predicted octanol–water partition coefficient (Wildman–Crippen LogP) is 1.42. The van der Waals surface area contributed by atoms with Gasteiger partial charge in [0.15, 0.2) is 11.6 Å². The fourth-order valence-corrected chi connectivity index (χ4v) is 1.06. The Kier molecular flexibility index (Phi) is 3.30. The fourth-order valence-electron chi connectivity index (χ4n) is 1.06. The van der Waals surface area contributed by atoms with Gasteiger partial charge in [-0.2, -0.15) is 0 Å². The van der Waals surface area contributed by atoms with Crippen LogP contribution in [0.2, 0.25) is 0 Å². The third-order valence-electron chi connectivity index (χ3n) is 1.96. The van der Waals surface area contributed by atoms with Gasteiger partial charge in [-0.3, -0.25) is 4.79 Å². The van der Waals surface area contributed by atoms with Crippen molar-refractivity contribution in [2.45, 2.75) is 19.4 Å². The third-order valence-corrected chi connectivity index (χ3v) is 1.96.